The molecule has 1 aromatic rings. The molecule has 0 radical (unpaired) electrons. The Hall–Kier alpha value is -1.30. The fraction of sp³-hybridized carbons (Fsp3) is 0.333. The fourth-order valence-electron chi connectivity index (χ4n) is 1.17. The summed E-state index contributed by atoms with van der Waals surface area (Å²) in [7, 11) is 0. The minimum absolute atomic E-state index is 0.0876. The highest BCUT2D eigenvalue weighted by Gasteiger charge is 2.43. The summed E-state index contributed by atoms with van der Waals surface area (Å²) < 4.78 is 37.7. The number of pyridine rings is 1. The van der Waals surface area contributed by atoms with Crippen molar-refractivity contribution < 1.29 is 23.1 Å². The van der Waals surface area contributed by atoms with Crippen LogP contribution in [0, 0.1) is 0 Å². The van der Waals surface area contributed by atoms with Gasteiger partial charge in [0.05, 0.1) is 12.1 Å². The lowest BCUT2D eigenvalue weighted by Crippen LogP contribution is -2.24. The summed E-state index contributed by atoms with van der Waals surface area (Å²) >= 11 is 5.52. The Balaban J connectivity index is 3.06. The van der Waals surface area contributed by atoms with Crippen molar-refractivity contribution in [3.05, 3.63) is 29.0 Å². The first-order valence-electron chi connectivity index (χ1n) is 4.20. The summed E-state index contributed by atoms with van der Waals surface area (Å²) in [5.74, 6) is -3.67. The Labute approximate surface area is 93.9 Å². The molecule has 0 spiro atoms. The zero-order valence-corrected chi connectivity index (χ0v) is 8.59. The third-order valence-corrected chi connectivity index (χ3v) is 2.11. The summed E-state index contributed by atoms with van der Waals surface area (Å²) in [5.41, 5.74) is -0.387. The van der Waals surface area contributed by atoms with E-state index in [0.717, 1.165) is 12.3 Å². The standard InChI is InChI=1S/C9H7ClF3NO2/c10-5-1-2-14-7(3-5)6(4-8(15)16)9(11,12)13/h1-3,6H,4H2,(H,15,16). The molecule has 1 unspecified atom stereocenters. The first-order valence-corrected chi connectivity index (χ1v) is 4.58. The van der Waals surface area contributed by atoms with E-state index >= 15 is 0 Å². The van der Waals surface area contributed by atoms with Crippen molar-refractivity contribution in [3.63, 3.8) is 0 Å². The SMILES string of the molecule is O=C(O)CC(c1cc(Cl)ccn1)C(F)(F)F. The van der Waals surface area contributed by atoms with E-state index in [2.05, 4.69) is 4.98 Å². The van der Waals surface area contributed by atoms with Gasteiger partial charge < -0.3 is 5.11 Å². The van der Waals surface area contributed by atoms with Crippen LogP contribution in [-0.4, -0.2) is 22.2 Å². The van der Waals surface area contributed by atoms with Gasteiger partial charge in [-0.2, -0.15) is 13.2 Å². The second-order valence-electron chi connectivity index (χ2n) is 3.09. The molecule has 1 heterocycles. The molecule has 1 atom stereocenters. The lowest BCUT2D eigenvalue weighted by molar-refractivity contribution is -0.164. The van der Waals surface area contributed by atoms with E-state index in [0.29, 0.717) is 0 Å². The molecule has 0 aromatic carbocycles. The predicted octanol–water partition coefficient (Wildman–Crippen LogP) is 2.86. The zero-order valence-electron chi connectivity index (χ0n) is 7.83. The maximum atomic E-state index is 12.6. The number of nitrogens with zero attached hydrogens (tertiary/aromatic N) is 1. The van der Waals surface area contributed by atoms with Gasteiger partial charge in [0.1, 0.15) is 5.92 Å². The smallest absolute Gasteiger partial charge is 0.397 e. The van der Waals surface area contributed by atoms with Crippen LogP contribution in [0.1, 0.15) is 18.0 Å². The number of carboxylic acids is 1. The number of carboxylic acid groups (broad SMARTS) is 1. The molecule has 3 nitrogen and oxygen atoms in total. The van der Waals surface area contributed by atoms with Gasteiger partial charge in [0.25, 0.3) is 0 Å². The maximum Gasteiger partial charge on any atom is 0.397 e. The van der Waals surface area contributed by atoms with Crippen molar-refractivity contribution in [2.45, 2.75) is 18.5 Å². The second kappa shape index (κ2) is 4.69. The Morgan fingerprint density at radius 1 is 1.56 bits per heavy atom. The molecule has 1 N–H and O–H groups in total. The monoisotopic (exact) mass is 253 g/mol. The van der Waals surface area contributed by atoms with Crippen LogP contribution in [0.2, 0.25) is 5.02 Å². The third kappa shape index (κ3) is 3.37. The summed E-state index contributed by atoms with van der Waals surface area (Å²) in [6.45, 7) is 0. The highest BCUT2D eigenvalue weighted by Crippen LogP contribution is 2.36. The summed E-state index contributed by atoms with van der Waals surface area (Å²) in [6, 6.07) is 2.34. The van der Waals surface area contributed by atoms with Crippen LogP contribution < -0.4 is 0 Å². The van der Waals surface area contributed by atoms with Gasteiger partial charge in [-0.3, -0.25) is 9.78 Å². The van der Waals surface area contributed by atoms with Gasteiger partial charge in [-0.25, -0.2) is 0 Å². The lowest BCUT2D eigenvalue weighted by Gasteiger charge is -2.17. The summed E-state index contributed by atoms with van der Waals surface area (Å²) in [6.07, 6.45) is -4.61. The molecule has 0 aliphatic carbocycles. The Bertz CT molecular complexity index is 395. The molecular weight excluding hydrogens is 247 g/mol. The van der Waals surface area contributed by atoms with Gasteiger partial charge in [-0.1, -0.05) is 11.6 Å². The molecule has 0 aliphatic heterocycles. The van der Waals surface area contributed by atoms with Gasteiger partial charge >= 0.3 is 12.1 Å². The molecule has 1 rings (SSSR count). The second-order valence-corrected chi connectivity index (χ2v) is 3.53. The molecule has 1 aromatic heterocycles. The van der Waals surface area contributed by atoms with Crippen molar-refractivity contribution in [3.8, 4) is 0 Å². The van der Waals surface area contributed by atoms with Crippen molar-refractivity contribution in [2.24, 2.45) is 0 Å². The van der Waals surface area contributed by atoms with Gasteiger partial charge in [-0.05, 0) is 12.1 Å². The minimum Gasteiger partial charge on any atom is -0.481 e. The van der Waals surface area contributed by atoms with E-state index in [9.17, 15) is 18.0 Å². The van der Waals surface area contributed by atoms with Crippen LogP contribution in [0.3, 0.4) is 0 Å². The van der Waals surface area contributed by atoms with Crippen LogP contribution in [-0.2, 0) is 4.79 Å². The van der Waals surface area contributed by atoms with E-state index in [1.807, 2.05) is 0 Å². The first kappa shape index (κ1) is 12.8. The first-order chi connectivity index (χ1) is 7.30. The Morgan fingerprint density at radius 3 is 2.62 bits per heavy atom. The minimum atomic E-state index is -4.66. The summed E-state index contributed by atoms with van der Waals surface area (Å²) in [4.78, 5) is 13.8. The number of aliphatic carboxylic acids is 1. The van der Waals surface area contributed by atoms with Gasteiger partial charge in [0.15, 0.2) is 0 Å². The van der Waals surface area contributed by atoms with E-state index in [1.165, 1.54) is 6.07 Å². The number of rotatable bonds is 3. The van der Waals surface area contributed by atoms with Crippen LogP contribution in [0.25, 0.3) is 0 Å². The number of carbonyl (C=O) groups is 1. The number of hydrogen-bond acceptors (Lipinski definition) is 2. The molecular formula is C9H7ClF3NO2. The number of hydrogen-bond donors (Lipinski definition) is 1. The Kier molecular flexibility index (Phi) is 3.74. The number of alkyl halides is 3. The van der Waals surface area contributed by atoms with Crippen LogP contribution >= 0.6 is 11.6 Å². The highest BCUT2D eigenvalue weighted by molar-refractivity contribution is 6.30. The average molecular weight is 254 g/mol. The van der Waals surface area contributed by atoms with Gasteiger partial charge in [0.2, 0.25) is 0 Å². The van der Waals surface area contributed by atoms with E-state index < -0.39 is 24.5 Å². The molecule has 0 amide bonds. The fourth-order valence-corrected chi connectivity index (χ4v) is 1.34. The van der Waals surface area contributed by atoms with Crippen molar-refractivity contribution in [2.75, 3.05) is 0 Å². The molecule has 88 valence electrons. The quantitative estimate of drug-likeness (QED) is 0.901. The van der Waals surface area contributed by atoms with Crippen LogP contribution in [0.15, 0.2) is 18.3 Å². The van der Waals surface area contributed by atoms with E-state index in [1.54, 1.807) is 0 Å². The molecule has 0 aliphatic rings. The van der Waals surface area contributed by atoms with Crippen LogP contribution in [0.4, 0.5) is 13.2 Å². The molecule has 0 fully saturated rings. The average Bonchev–Trinajstić information content (AvgIpc) is 2.12. The van der Waals surface area contributed by atoms with Gasteiger partial charge in [-0.15, -0.1) is 0 Å². The lowest BCUT2D eigenvalue weighted by atomic mass is 10.0. The van der Waals surface area contributed by atoms with Gasteiger partial charge in [0, 0.05) is 11.2 Å². The topological polar surface area (TPSA) is 50.2 Å². The maximum absolute atomic E-state index is 12.6. The zero-order chi connectivity index (χ0) is 12.3. The van der Waals surface area contributed by atoms with Crippen molar-refractivity contribution >= 4 is 17.6 Å². The van der Waals surface area contributed by atoms with Crippen LogP contribution in [0.5, 0.6) is 0 Å². The number of halogens is 4. The molecule has 0 saturated heterocycles. The molecule has 0 bridgehead atoms. The molecule has 7 heteroatoms. The number of aromatic nitrogens is 1. The predicted molar refractivity (Wildman–Crippen MR) is 50.3 cm³/mol. The third-order valence-electron chi connectivity index (χ3n) is 1.87. The largest absolute Gasteiger partial charge is 0.481 e. The van der Waals surface area contributed by atoms with Crippen molar-refractivity contribution in [1.29, 1.82) is 0 Å². The molecule has 16 heavy (non-hydrogen) atoms. The Morgan fingerprint density at radius 2 is 2.19 bits per heavy atom. The van der Waals surface area contributed by atoms with E-state index in [-0.39, 0.29) is 10.7 Å². The van der Waals surface area contributed by atoms with Crippen molar-refractivity contribution in [1.82, 2.24) is 4.98 Å². The summed E-state index contributed by atoms with van der Waals surface area (Å²) in [5, 5.41) is 8.50. The molecule has 0 saturated carbocycles. The normalized spacial score (nSPS) is 13.5. The highest BCUT2D eigenvalue weighted by atomic mass is 35.5. The van der Waals surface area contributed by atoms with E-state index in [4.69, 9.17) is 16.7 Å².